The smallest absolute Gasteiger partial charge is 0.228 e. The van der Waals surface area contributed by atoms with E-state index in [9.17, 15) is 18.4 Å². The van der Waals surface area contributed by atoms with Crippen LogP contribution in [0.4, 0.5) is 8.78 Å². The summed E-state index contributed by atoms with van der Waals surface area (Å²) >= 11 is 0. The van der Waals surface area contributed by atoms with Crippen LogP contribution in [-0.4, -0.2) is 23.9 Å². The van der Waals surface area contributed by atoms with Gasteiger partial charge in [-0.3, -0.25) is 9.59 Å². The predicted molar refractivity (Wildman–Crippen MR) is 94.4 cm³/mol. The zero-order valence-corrected chi connectivity index (χ0v) is 15.3. The van der Waals surface area contributed by atoms with Crippen LogP contribution in [0, 0.1) is 23.0 Å². The lowest BCUT2D eigenvalue weighted by Gasteiger charge is -2.38. The molecule has 0 aromatic heterocycles. The van der Waals surface area contributed by atoms with Gasteiger partial charge in [0.25, 0.3) is 0 Å². The van der Waals surface area contributed by atoms with E-state index in [1.807, 2.05) is 20.8 Å². The lowest BCUT2D eigenvalue weighted by Crippen LogP contribution is -2.53. The average Bonchev–Trinajstić information content (AvgIpc) is 2.53. The van der Waals surface area contributed by atoms with Crippen LogP contribution in [0.25, 0.3) is 0 Å². The summed E-state index contributed by atoms with van der Waals surface area (Å²) in [5.41, 5.74) is 3.16. The lowest BCUT2D eigenvalue weighted by atomic mass is 9.71. The van der Waals surface area contributed by atoms with Crippen molar-refractivity contribution in [3.63, 3.8) is 0 Å². The highest BCUT2D eigenvalue weighted by Gasteiger charge is 2.50. The molecular formula is C20H23F2NO3. The molecule has 2 rings (SSSR count). The first kappa shape index (κ1) is 20.0. The second kappa shape index (κ2) is 7.11. The Labute approximate surface area is 151 Å². The second-order valence-corrected chi connectivity index (χ2v) is 7.24. The molecule has 0 heterocycles. The van der Waals surface area contributed by atoms with Crippen molar-refractivity contribution < 1.29 is 23.1 Å². The molecule has 1 aromatic carbocycles. The number of primary amides is 1. The highest BCUT2D eigenvalue weighted by Crippen LogP contribution is 2.40. The van der Waals surface area contributed by atoms with Crippen LogP contribution >= 0.6 is 0 Å². The van der Waals surface area contributed by atoms with Gasteiger partial charge in [0.2, 0.25) is 11.7 Å². The number of halogens is 2. The largest absolute Gasteiger partial charge is 0.369 e. The minimum absolute atomic E-state index is 0.0490. The molecule has 4 nitrogen and oxygen atoms in total. The number of carbonyl (C=O) groups is 2. The maximum Gasteiger partial charge on any atom is 0.228 e. The summed E-state index contributed by atoms with van der Waals surface area (Å²) in [6.45, 7) is 7.43. The maximum atomic E-state index is 14.3. The number of allylic oxidation sites excluding steroid dienone is 2. The van der Waals surface area contributed by atoms with Gasteiger partial charge in [-0.1, -0.05) is 39.0 Å². The van der Waals surface area contributed by atoms with Crippen LogP contribution in [0.15, 0.2) is 42.0 Å². The van der Waals surface area contributed by atoms with Gasteiger partial charge in [0, 0.05) is 6.61 Å². The first-order valence-electron chi connectivity index (χ1n) is 8.38. The summed E-state index contributed by atoms with van der Waals surface area (Å²) in [4.78, 5) is 25.3. The first-order chi connectivity index (χ1) is 12.0. The van der Waals surface area contributed by atoms with Gasteiger partial charge in [-0.05, 0) is 36.1 Å². The van der Waals surface area contributed by atoms with Crippen molar-refractivity contribution in [2.24, 2.45) is 17.1 Å². The zero-order chi connectivity index (χ0) is 19.7. The van der Waals surface area contributed by atoms with Crippen molar-refractivity contribution in [3.05, 3.63) is 59.2 Å². The van der Waals surface area contributed by atoms with Crippen LogP contribution in [0.5, 0.6) is 0 Å². The molecule has 2 unspecified atom stereocenters. The molecule has 0 spiro atoms. The number of ketones is 1. The predicted octanol–water partition coefficient (Wildman–Crippen LogP) is 3.57. The second-order valence-electron chi connectivity index (χ2n) is 7.24. The molecule has 0 fully saturated rings. The summed E-state index contributed by atoms with van der Waals surface area (Å²) in [6, 6.07) is 3.14. The number of Topliss-reactive ketones (excluding diaryl/α,β-unsaturated/α-hetero) is 1. The highest BCUT2D eigenvalue weighted by molar-refractivity contribution is 6.08. The van der Waals surface area contributed by atoms with E-state index < -0.39 is 40.4 Å². The van der Waals surface area contributed by atoms with Gasteiger partial charge >= 0.3 is 0 Å². The SMILES string of the molecule is CCOC1(C(=O)c2c(F)cccc2F)C=C(C(C)(C)C)C=CC1C(N)=O. The number of rotatable bonds is 5. The zero-order valence-electron chi connectivity index (χ0n) is 15.3. The summed E-state index contributed by atoms with van der Waals surface area (Å²) in [5.74, 6) is -5.00. The molecule has 26 heavy (non-hydrogen) atoms. The summed E-state index contributed by atoms with van der Waals surface area (Å²) in [5, 5.41) is 0. The van der Waals surface area contributed by atoms with Crippen LogP contribution in [-0.2, 0) is 9.53 Å². The Morgan fingerprint density at radius 3 is 2.27 bits per heavy atom. The van der Waals surface area contributed by atoms with Gasteiger partial charge < -0.3 is 10.5 Å². The van der Waals surface area contributed by atoms with Gasteiger partial charge in [-0.25, -0.2) is 8.78 Å². The van der Waals surface area contributed by atoms with E-state index in [4.69, 9.17) is 10.5 Å². The fourth-order valence-electron chi connectivity index (χ4n) is 3.04. The monoisotopic (exact) mass is 363 g/mol. The Hall–Kier alpha value is -2.34. The molecule has 2 N–H and O–H groups in total. The summed E-state index contributed by atoms with van der Waals surface area (Å²) < 4.78 is 34.2. The molecular weight excluding hydrogens is 340 g/mol. The minimum Gasteiger partial charge on any atom is -0.369 e. The molecule has 0 radical (unpaired) electrons. The highest BCUT2D eigenvalue weighted by atomic mass is 19.1. The maximum absolute atomic E-state index is 14.3. The van der Waals surface area contributed by atoms with Gasteiger partial charge in [-0.15, -0.1) is 0 Å². The summed E-state index contributed by atoms with van der Waals surface area (Å²) in [6.07, 6.45) is 4.63. The van der Waals surface area contributed by atoms with Crippen molar-refractivity contribution in [2.45, 2.75) is 33.3 Å². The molecule has 0 aliphatic heterocycles. The molecule has 1 aliphatic rings. The Morgan fingerprint density at radius 1 is 1.23 bits per heavy atom. The van der Waals surface area contributed by atoms with Crippen LogP contribution in [0.3, 0.4) is 0 Å². The van der Waals surface area contributed by atoms with Crippen molar-refractivity contribution in [1.29, 1.82) is 0 Å². The van der Waals surface area contributed by atoms with E-state index in [0.29, 0.717) is 5.57 Å². The Kier molecular flexibility index (Phi) is 5.47. The van der Waals surface area contributed by atoms with Crippen molar-refractivity contribution in [3.8, 4) is 0 Å². The molecule has 140 valence electrons. The van der Waals surface area contributed by atoms with Crippen LogP contribution < -0.4 is 5.73 Å². The van der Waals surface area contributed by atoms with Crippen molar-refractivity contribution >= 4 is 11.7 Å². The molecule has 0 saturated heterocycles. The number of carbonyl (C=O) groups excluding carboxylic acids is 2. The third-order valence-corrected chi connectivity index (χ3v) is 4.40. The third kappa shape index (κ3) is 3.46. The van der Waals surface area contributed by atoms with E-state index in [2.05, 4.69) is 0 Å². The standard InChI is InChI=1S/C20H23F2NO3/c1-5-26-20(17(24)16-14(21)7-6-8-15(16)22)11-12(19(2,3)4)9-10-13(20)18(23)25/h6-11,13H,5H2,1-4H3,(H2,23,25). The van der Waals surface area contributed by atoms with Gasteiger partial charge in [0.05, 0.1) is 11.5 Å². The minimum atomic E-state index is -1.90. The quantitative estimate of drug-likeness (QED) is 0.813. The van der Waals surface area contributed by atoms with Gasteiger partial charge in [0.15, 0.2) is 5.60 Å². The number of hydrogen-bond acceptors (Lipinski definition) is 3. The fourth-order valence-corrected chi connectivity index (χ4v) is 3.04. The normalized spacial score (nSPS) is 22.8. The molecule has 1 aromatic rings. The number of amides is 1. The van der Waals surface area contributed by atoms with Crippen molar-refractivity contribution in [2.75, 3.05) is 6.61 Å². The Morgan fingerprint density at radius 2 is 1.81 bits per heavy atom. The Bertz CT molecular complexity index is 772. The third-order valence-electron chi connectivity index (χ3n) is 4.40. The Balaban J connectivity index is 2.75. The van der Waals surface area contributed by atoms with Crippen molar-refractivity contribution in [1.82, 2.24) is 0 Å². The summed E-state index contributed by atoms with van der Waals surface area (Å²) in [7, 11) is 0. The molecule has 1 amide bonds. The van der Waals surface area contributed by atoms with E-state index in [0.717, 1.165) is 18.2 Å². The number of nitrogens with two attached hydrogens (primary N) is 1. The van der Waals surface area contributed by atoms with Crippen LogP contribution in [0.2, 0.25) is 0 Å². The first-order valence-corrected chi connectivity index (χ1v) is 8.38. The molecule has 6 heteroatoms. The van der Waals surface area contributed by atoms with E-state index >= 15 is 0 Å². The molecule has 0 saturated carbocycles. The van der Waals surface area contributed by atoms with Gasteiger partial charge in [0.1, 0.15) is 11.6 Å². The number of hydrogen-bond donors (Lipinski definition) is 1. The van der Waals surface area contributed by atoms with E-state index in [-0.39, 0.29) is 12.0 Å². The number of benzene rings is 1. The fraction of sp³-hybridized carbons (Fsp3) is 0.400. The lowest BCUT2D eigenvalue weighted by molar-refractivity contribution is -0.126. The molecule has 1 aliphatic carbocycles. The molecule has 2 atom stereocenters. The molecule has 0 bridgehead atoms. The van der Waals surface area contributed by atoms with Gasteiger partial charge in [-0.2, -0.15) is 0 Å². The average molecular weight is 363 g/mol. The van der Waals surface area contributed by atoms with E-state index in [1.165, 1.54) is 12.2 Å². The van der Waals surface area contributed by atoms with E-state index in [1.54, 1.807) is 13.0 Å². The number of ether oxygens (including phenoxy) is 1. The van der Waals surface area contributed by atoms with Crippen LogP contribution in [0.1, 0.15) is 38.1 Å². The topological polar surface area (TPSA) is 69.4 Å².